The second kappa shape index (κ2) is 6.43. The van der Waals surface area contributed by atoms with Crippen molar-refractivity contribution in [3.05, 3.63) is 46.4 Å². The number of benzene rings is 1. The first-order valence-electron chi connectivity index (χ1n) is 7.69. The highest BCUT2D eigenvalue weighted by atomic mass is 16.6. The number of ether oxygens (including phenoxy) is 3. The number of rotatable bonds is 4. The van der Waals surface area contributed by atoms with Crippen molar-refractivity contribution in [2.24, 2.45) is 12.0 Å². The number of esters is 1. The van der Waals surface area contributed by atoms with E-state index in [-0.39, 0.29) is 11.6 Å². The number of aryl methyl sites for hydroxylation is 2. The molecule has 1 aliphatic rings. The molecule has 1 aromatic carbocycles. The van der Waals surface area contributed by atoms with E-state index < -0.39 is 5.97 Å². The average Bonchev–Trinajstić information content (AvgIpc) is 3.09. The molecule has 2 aromatic rings. The van der Waals surface area contributed by atoms with Crippen LogP contribution in [0.25, 0.3) is 6.08 Å². The van der Waals surface area contributed by atoms with Crippen LogP contribution in [0.2, 0.25) is 0 Å². The third kappa shape index (κ3) is 3.13. The Morgan fingerprint density at radius 3 is 2.28 bits per heavy atom. The van der Waals surface area contributed by atoms with Gasteiger partial charge in [-0.1, -0.05) is 0 Å². The minimum absolute atomic E-state index is 0.215. The average molecular weight is 341 g/mol. The zero-order valence-corrected chi connectivity index (χ0v) is 14.8. The number of nitrogens with zero attached hydrogens (tertiary/aromatic N) is 3. The van der Waals surface area contributed by atoms with Gasteiger partial charge in [-0.15, -0.1) is 0 Å². The van der Waals surface area contributed by atoms with Gasteiger partial charge in [0.25, 0.3) is 0 Å². The fourth-order valence-electron chi connectivity index (χ4n) is 2.60. The molecule has 0 saturated carbocycles. The summed E-state index contributed by atoms with van der Waals surface area (Å²) in [6.07, 6.45) is 1.70. The largest absolute Gasteiger partial charge is 0.497 e. The van der Waals surface area contributed by atoms with Gasteiger partial charge in [-0.25, -0.2) is 9.79 Å². The van der Waals surface area contributed by atoms with Gasteiger partial charge in [-0.05, 0) is 32.1 Å². The number of aliphatic imine (C=N–C) groups is 1. The van der Waals surface area contributed by atoms with Gasteiger partial charge in [0.1, 0.15) is 11.5 Å². The maximum Gasteiger partial charge on any atom is 0.363 e. The van der Waals surface area contributed by atoms with Crippen molar-refractivity contribution in [2.45, 2.75) is 13.8 Å². The SMILES string of the molecule is COc1cc(OC)cc(C2=N/C(=C/c3c(C)nn(C)c3C)C(=O)O2)c1. The predicted molar refractivity (Wildman–Crippen MR) is 92.8 cm³/mol. The van der Waals surface area contributed by atoms with Crippen molar-refractivity contribution in [1.29, 1.82) is 0 Å². The highest BCUT2D eigenvalue weighted by Crippen LogP contribution is 2.27. The summed E-state index contributed by atoms with van der Waals surface area (Å²) >= 11 is 0. The molecule has 0 aliphatic carbocycles. The second-order valence-corrected chi connectivity index (χ2v) is 5.65. The first-order chi connectivity index (χ1) is 11.9. The molecule has 130 valence electrons. The molecule has 25 heavy (non-hydrogen) atoms. The molecule has 3 rings (SSSR count). The zero-order chi connectivity index (χ0) is 18.1. The van der Waals surface area contributed by atoms with Crippen LogP contribution in [0.15, 0.2) is 28.9 Å². The summed E-state index contributed by atoms with van der Waals surface area (Å²) in [5, 5.41) is 4.34. The molecule has 7 heteroatoms. The Hall–Kier alpha value is -3.09. The summed E-state index contributed by atoms with van der Waals surface area (Å²) in [6, 6.07) is 5.20. The third-order valence-electron chi connectivity index (χ3n) is 4.06. The minimum Gasteiger partial charge on any atom is -0.497 e. The Morgan fingerprint density at radius 2 is 1.76 bits per heavy atom. The number of carbonyl (C=O) groups excluding carboxylic acids is 1. The van der Waals surface area contributed by atoms with Crippen LogP contribution in [-0.2, 0) is 16.6 Å². The van der Waals surface area contributed by atoms with E-state index in [1.807, 2.05) is 20.9 Å². The van der Waals surface area contributed by atoms with Gasteiger partial charge in [-0.2, -0.15) is 5.10 Å². The standard InChI is InChI=1S/C18H19N3O4/c1-10-15(11(2)21(3)20-10)9-16-18(22)25-17(19-16)12-6-13(23-4)8-14(7-12)24-5/h6-9H,1-5H3/b16-9+. The van der Waals surface area contributed by atoms with Crippen LogP contribution in [0.3, 0.4) is 0 Å². The highest BCUT2D eigenvalue weighted by Gasteiger charge is 2.26. The number of carbonyl (C=O) groups is 1. The quantitative estimate of drug-likeness (QED) is 0.630. The normalized spacial score (nSPS) is 15.3. The number of methoxy groups -OCH3 is 2. The molecule has 2 heterocycles. The van der Waals surface area contributed by atoms with Crippen LogP contribution < -0.4 is 9.47 Å². The lowest BCUT2D eigenvalue weighted by Crippen LogP contribution is -2.06. The van der Waals surface area contributed by atoms with E-state index in [9.17, 15) is 4.79 Å². The fraction of sp³-hybridized carbons (Fsp3) is 0.278. The summed E-state index contributed by atoms with van der Waals surface area (Å²) < 4.78 is 17.6. The molecule has 0 spiro atoms. The summed E-state index contributed by atoms with van der Waals surface area (Å²) in [5.74, 6) is 0.890. The van der Waals surface area contributed by atoms with Crippen molar-refractivity contribution < 1.29 is 19.0 Å². The second-order valence-electron chi connectivity index (χ2n) is 5.65. The van der Waals surface area contributed by atoms with Gasteiger partial charge < -0.3 is 14.2 Å². The molecule has 0 atom stereocenters. The molecule has 0 bridgehead atoms. The van der Waals surface area contributed by atoms with Gasteiger partial charge in [-0.3, -0.25) is 4.68 Å². The van der Waals surface area contributed by atoms with E-state index in [0.29, 0.717) is 17.1 Å². The Labute approximate surface area is 145 Å². The van der Waals surface area contributed by atoms with Crippen molar-refractivity contribution in [2.75, 3.05) is 14.2 Å². The monoisotopic (exact) mass is 341 g/mol. The molecule has 0 N–H and O–H groups in total. The lowest BCUT2D eigenvalue weighted by molar-refractivity contribution is -0.129. The number of cyclic esters (lactones) is 1. The van der Waals surface area contributed by atoms with Crippen LogP contribution in [0.4, 0.5) is 0 Å². The van der Waals surface area contributed by atoms with E-state index >= 15 is 0 Å². The molecule has 0 amide bonds. The first-order valence-corrected chi connectivity index (χ1v) is 7.69. The van der Waals surface area contributed by atoms with E-state index in [0.717, 1.165) is 17.0 Å². The summed E-state index contributed by atoms with van der Waals surface area (Å²) in [7, 11) is 4.97. The molecular weight excluding hydrogens is 322 g/mol. The minimum atomic E-state index is -0.501. The van der Waals surface area contributed by atoms with Crippen molar-refractivity contribution in [3.63, 3.8) is 0 Å². The molecule has 0 radical (unpaired) electrons. The lowest BCUT2D eigenvalue weighted by Gasteiger charge is -2.07. The van der Waals surface area contributed by atoms with E-state index in [1.165, 1.54) is 0 Å². The molecule has 1 aromatic heterocycles. The van der Waals surface area contributed by atoms with Gasteiger partial charge in [0, 0.05) is 29.9 Å². The third-order valence-corrected chi connectivity index (χ3v) is 4.06. The number of aromatic nitrogens is 2. The number of hydrogen-bond acceptors (Lipinski definition) is 6. The van der Waals surface area contributed by atoms with Gasteiger partial charge in [0.05, 0.1) is 19.9 Å². The van der Waals surface area contributed by atoms with Crippen LogP contribution in [0, 0.1) is 13.8 Å². The molecule has 7 nitrogen and oxygen atoms in total. The Balaban J connectivity index is 2.02. The Morgan fingerprint density at radius 1 is 1.12 bits per heavy atom. The van der Waals surface area contributed by atoms with Crippen molar-refractivity contribution in [1.82, 2.24) is 9.78 Å². The molecular formula is C18H19N3O4. The highest BCUT2D eigenvalue weighted by molar-refractivity contribution is 6.13. The topological polar surface area (TPSA) is 74.9 Å². The molecule has 0 unspecified atom stereocenters. The van der Waals surface area contributed by atoms with E-state index in [1.54, 1.807) is 43.2 Å². The first kappa shape index (κ1) is 16.8. The van der Waals surface area contributed by atoms with Gasteiger partial charge in [0.2, 0.25) is 5.90 Å². The smallest absolute Gasteiger partial charge is 0.363 e. The van der Waals surface area contributed by atoms with Crippen LogP contribution in [0.1, 0.15) is 22.5 Å². The van der Waals surface area contributed by atoms with E-state index in [2.05, 4.69) is 10.1 Å². The summed E-state index contributed by atoms with van der Waals surface area (Å²) in [6.45, 7) is 3.82. The van der Waals surface area contributed by atoms with Crippen molar-refractivity contribution >= 4 is 17.9 Å². The Bertz CT molecular complexity index is 887. The molecule has 1 aliphatic heterocycles. The maximum atomic E-state index is 12.2. The summed E-state index contributed by atoms with van der Waals surface area (Å²) in [4.78, 5) is 16.5. The Kier molecular flexibility index (Phi) is 4.31. The predicted octanol–water partition coefficient (Wildman–Crippen LogP) is 2.40. The van der Waals surface area contributed by atoms with Gasteiger partial charge >= 0.3 is 5.97 Å². The van der Waals surface area contributed by atoms with E-state index in [4.69, 9.17) is 14.2 Å². The van der Waals surface area contributed by atoms with Crippen molar-refractivity contribution in [3.8, 4) is 11.5 Å². The number of hydrogen-bond donors (Lipinski definition) is 0. The zero-order valence-electron chi connectivity index (χ0n) is 14.8. The van der Waals surface area contributed by atoms with Gasteiger partial charge in [0.15, 0.2) is 5.70 Å². The maximum absolute atomic E-state index is 12.2. The lowest BCUT2D eigenvalue weighted by atomic mass is 10.1. The van der Waals surface area contributed by atoms with Crippen LogP contribution >= 0.6 is 0 Å². The fourth-order valence-corrected chi connectivity index (χ4v) is 2.60. The summed E-state index contributed by atoms with van der Waals surface area (Å²) in [5.41, 5.74) is 3.47. The molecule has 0 fully saturated rings. The van der Waals surface area contributed by atoms with Crippen LogP contribution in [-0.4, -0.2) is 35.9 Å². The molecule has 0 saturated heterocycles. The van der Waals surface area contributed by atoms with Crippen LogP contribution in [0.5, 0.6) is 11.5 Å².